The lowest BCUT2D eigenvalue weighted by Crippen LogP contribution is -1.95. The Hall–Kier alpha value is -7.10. The highest BCUT2D eigenvalue weighted by molar-refractivity contribution is 6.20. The van der Waals surface area contributed by atoms with Gasteiger partial charge in [0, 0.05) is 38.4 Å². The maximum Gasteiger partial charge on any atom is 0.160 e. The van der Waals surface area contributed by atoms with Crippen LogP contribution in [0.2, 0.25) is 0 Å². The third kappa shape index (κ3) is 5.56. The maximum atomic E-state index is 6.82. The first kappa shape index (κ1) is 30.7. The molecule has 0 saturated heterocycles. The van der Waals surface area contributed by atoms with Gasteiger partial charge >= 0.3 is 0 Å². The second-order valence-corrected chi connectivity index (χ2v) is 13.3. The molecule has 3 nitrogen and oxygen atoms in total. The molecule has 0 spiro atoms. The van der Waals surface area contributed by atoms with E-state index in [2.05, 4.69) is 158 Å². The Balaban J connectivity index is 1.04. The average molecular weight is 677 g/mol. The van der Waals surface area contributed by atoms with Gasteiger partial charge in [0.25, 0.3) is 0 Å². The van der Waals surface area contributed by atoms with E-state index >= 15 is 0 Å². The first-order valence-electron chi connectivity index (χ1n) is 17.9. The minimum atomic E-state index is 0.711. The van der Waals surface area contributed by atoms with Crippen LogP contribution in [0.15, 0.2) is 199 Å². The average Bonchev–Trinajstić information content (AvgIpc) is 3.63. The fourth-order valence-corrected chi connectivity index (χ4v) is 7.47. The van der Waals surface area contributed by atoms with E-state index in [1.807, 2.05) is 36.4 Å². The molecule has 0 unspecified atom stereocenters. The zero-order valence-corrected chi connectivity index (χ0v) is 28.8. The number of benzene rings is 8. The summed E-state index contributed by atoms with van der Waals surface area (Å²) in [5.41, 5.74) is 13.6. The molecule has 10 rings (SSSR count). The van der Waals surface area contributed by atoms with Crippen molar-refractivity contribution in [1.29, 1.82) is 0 Å². The summed E-state index contributed by atoms with van der Waals surface area (Å²) >= 11 is 0. The fourth-order valence-electron chi connectivity index (χ4n) is 7.47. The van der Waals surface area contributed by atoms with Crippen molar-refractivity contribution in [3.63, 3.8) is 0 Å². The Labute approximate surface area is 307 Å². The molecule has 3 heteroatoms. The van der Waals surface area contributed by atoms with Crippen molar-refractivity contribution in [3.05, 3.63) is 194 Å². The molecule has 0 radical (unpaired) electrons. The van der Waals surface area contributed by atoms with E-state index in [0.29, 0.717) is 5.82 Å². The van der Waals surface area contributed by atoms with Gasteiger partial charge in [-0.3, -0.25) is 0 Å². The predicted molar refractivity (Wildman–Crippen MR) is 219 cm³/mol. The Morgan fingerprint density at radius 2 is 0.792 bits per heavy atom. The zero-order chi connectivity index (χ0) is 35.1. The van der Waals surface area contributed by atoms with Crippen LogP contribution in [0.4, 0.5) is 0 Å². The molecule has 0 bridgehead atoms. The Kier molecular flexibility index (Phi) is 7.47. The number of hydrogen-bond donors (Lipinski definition) is 0. The molecule has 0 aliphatic heterocycles. The van der Waals surface area contributed by atoms with Gasteiger partial charge in [-0.1, -0.05) is 176 Å². The van der Waals surface area contributed by atoms with Crippen molar-refractivity contribution in [3.8, 4) is 67.3 Å². The Morgan fingerprint density at radius 1 is 0.283 bits per heavy atom. The van der Waals surface area contributed by atoms with E-state index < -0.39 is 0 Å². The molecule has 0 atom stereocenters. The third-order valence-corrected chi connectivity index (χ3v) is 10.1. The second kappa shape index (κ2) is 12.9. The molecular formula is C50H32N2O. The molecule has 0 fully saturated rings. The van der Waals surface area contributed by atoms with E-state index in [9.17, 15) is 0 Å². The van der Waals surface area contributed by atoms with Crippen LogP contribution in [0, 0.1) is 0 Å². The third-order valence-electron chi connectivity index (χ3n) is 10.1. The molecule has 248 valence electrons. The molecule has 0 amide bonds. The van der Waals surface area contributed by atoms with Crippen molar-refractivity contribution in [2.45, 2.75) is 0 Å². The summed E-state index contributed by atoms with van der Waals surface area (Å²) in [6, 6.07) is 67.9. The standard InChI is InChI=1S/C50H32N2O/c1-4-14-34(15-5-1)44-31-45-43-25-13-24-40(48(43)53-49(45)42-23-11-10-22-41(42)44)39-21-12-20-38(30-39)33-26-28-36(29-27-33)47-32-46(35-16-6-2-7-17-35)51-50(52-47)37-18-8-3-9-19-37/h1-32H. The predicted octanol–water partition coefficient (Wildman–Crippen LogP) is 13.5. The lowest BCUT2D eigenvalue weighted by molar-refractivity contribution is 0.674. The lowest BCUT2D eigenvalue weighted by Gasteiger charge is -2.10. The van der Waals surface area contributed by atoms with Crippen molar-refractivity contribution in [2.75, 3.05) is 0 Å². The zero-order valence-electron chi connectivity index (χ0n) is 28.8. The van der Waals surface area contributed by atoms with Crippen LogP contribution in [-0.2, 0) is 0 Å². The van der Waals surface area contributed by atoms with Crippen LogP contribution in [0.25, 0.3) is 100.0 Å². The van der Waals surface area contributed by atoms with Gasteiger partial charge in [-0.05, 0) is 51.4 Å². The van der Waals surface area contributed by atoms with Gasteiger partial charge in [-0.2, -0.15) is 0 Å². The summed E-state index contributed by atoms with van der Waals surface area (Å²) in [5, 5.41) is 4.55. The quantitative estimate of drug-likeness (QED) is 0.176. The number of hydrogen-bond acceptors (Lipinski definition) is 3. The minimum Gasteiger partial charge on any atom is -0.455 e. The number of furan rings is 1. The van der Waals surface area contributed by atoms with Crippen molar-refractivity contribution in [2.24, 2.45) is 0 Å². The molecule has 0 N–H and O–H groups in total. The molecule has 53 heavy (non-hydrogen) atoms. The highest BCUT2D eigenvalue weighted by Crippen LogP contribution is 2.43. The van der Waals surface area contributed by atoms with E-state index in [-0.39, 0.29) is 0 Å². The number of para-hydroxylation sites is 1. The summed E-state index contributed by atoms with van der Waals surface area (Å²) in [5.74, 6) is 0.711. The van der Waals surface area contributed by atoms with E-state index in [1.165, 1.54) is 16.5 Å². The van der Waals surface area contributed by atoms with Crippen LogP contribution in [-0.4, -0.2) is 9.97 Å². The van der Waals surface area contributed by atoms with Crippen LogP contribution in [0.3, 0.4) is 0 Å². The topological polar surface area (TPSA) is 38.9 Å². The van der Waals surface area contributed by atoms with E-state index in [4.69, 9.17) is 14.4 Å². The van der Waals surface area contributed by atoms with Crippen LogP contribution >= 0.6 is 0 Å². The van der Waals surface area contributed by atoms with Crippen LogP contribution in [0.1, 0.15) is 0 Å². The van der Waals surface area contributed by atoms with Crippen LogP contribution in [0.5, 0.6) is 0 Å². The van der Waals surface area contributed by atoms with Crippen LogP contribution < -0.4 is 0 Å². The van der Waals surface area contributed by atoms with Gasteiger partial charge in [0.2, 0.25) is 0 Å². The summed E-state index contributed by atoms with van der Waals surface area (Å²) in [7, 11) is 0. The van der Waals surface area contributed by atoms with Gasteiger partial charge in [-0.25, -0.2) is 9.97 Å². The molecule has 0 aliphatic carbocycles. The minimum absolute atomic E-state index is 0.711. The van der Waals surface area contributed by atoms with E-state index in [0.717, 1.165) is 77.7 Å². The Bertz CT molecular complexity index is 2860. The number of fused-ring (bicyclic) bond motifs is 5. The van der Waals surface area contributed by atoms with Crippen molar-refractivity contribution >= 4 is 32.7 Å². The van der Waals surface area contributed by atoms with Crippen molar-refractivity contribution < 1.29 is 4.42 Å². The van der Waals surface area contributed by atoms with Gasteiger partial charge in [0.15, 0.2) is 5.82 Å². The van der Waals surface area contributed by atoms with E-state index in [1.54, 1.807) is 0 Å². The normalized spacial score (nSPS) is 11.4. The summed E-state index contributed by atoms with van der Waals surface area (Å²) < 4.78 is 6.82. The monoisotopic (exact) mass is 676 g/mol. The highest BCUT2D eigenvalue weighted by atomic mass is 16.3. The smallest absolute Gasteiger partial charge is 0.160 e. The number of nitrogens with zero attached hydrogens (tertiary/aromatic N) is 2. The lowest BCUT2D eigenvalue weighted by atomic mass is 9.94. The van der Waals surface area contributed by atoms with Gasteiger partial charge in [0.1, 0.15) is 11.2 Å². The summed E-state index contributed by atoms with van der Waals surface area (Å²) in [6.07, 6.45) is 0. The highest BCUT2D eigenvalue weighted by Gasteiger charge is 2.18. The Morgan fingerprint density at radius 3 is 1.51 bits per heavy atom. The van der Waals surface area contributed by atoms with Gasteiger partial charge in [0.05, 0.1) is 11.4 Å². The van der Waals surface area contributed by atoms with Crippen molar-refractivity contribution in [1.82, 2.24) is 9.97 Å². The molecule has 2 heterocycles. The van der Waals surface area contributed by atoms with Gasteiger partial charge in [-0.15, -0.1) is 0 Å². The fraction of sp³-hybridized carbons (Fsp3) is 0. The first-order chi connectivity index (χ1) is 26.3. The molecule has 2 aromatic heterocycles. The SMILES string of the molecule is c1ccc(-c2cc(-c3ccc(-c4cccc(-c5cccc6c5oc5c7ccccc7c(-c7ccccc7)cc65)c4)cc3)nc(-c3ccccc3)n2)cc1. The molecule has 8 aromatic carbocycles. The number of rotatable bonds is 6. The molecule has 0 saturated carbocycles. The summed E-state index contributed by atoms with van der Waals surface area (Å²) in [6.45, 7) is 0. The molecule has 10 aromatic rings. The summed E-state index contributed by atoms with van der Waals surface area (Å²) in [4.78, 5) is 9.97. The second-order valence-electron chi connectivity index (χ2n) is 13.3. The van der Waals surface area contributed by atoms with Gasteiger partial charge < -0.3 is 4.42 Å². The number of aromatic nitrogens is 2. The maximum absolute atomic E-state index is 6.82. The largest absolute Gasteiger partial charge is 0.455 e. The first-order valence-corrected chi connectivity index (χ1v) is 17.9. The molecule has 0 aliphatic rings. The molecular weight excluding hydrogens is 645 g/mol.